The number of fused-ring (bicyclic) bond motifs is 1. The van der Waals surface area contributed by atoms with Gasteiger partial charge in [-0.1, -0.05) is 19.3 Å². The summed E-state index contributed by atoms with van der Waals surface area (Å²) in [6.45, 7) is 0. The number of benzene rings is 1. The van der Waals surface area contributed by atoms with E-state index in [1.165, 1.54) is 17.2 Å². The van der Waals surface area contributed by atoms with Crippen LogP contribution >= 0.6 is 0 Å². The Hall–Kier alpha value is -3.03. The van der Waals surface area contributed by atoms with Gasteiger partial charge in [0.25, 0.3) is 17.7 Å². The van der Waals surface area contributed by atoms with Crippen molar-refractivity contribution in [1.82, 2.24) is 20.3 Å². The van der Waals surface area contributed by atoms with Gasteiger partial charge in [-0.3, -0.25) is 19.3 Å². The van der Waals surface area contributed by atoms with E-state index in [1.807, 2.05) is 0 Å². The van der Waals surface area contributed by atoms with E-state index in [0.29, 0.717) is 16.7 Å². The third kappa shape index (κ3) is 2.69. The minimum absolute atomic E-state index is 0.0337. The minimum atomic E-state index is -0.409. The van der Waals surface area contributed by atoms with Gasteiger partial charge in [0.15, 0.2) is 5.82 Å². The summed E-state index contributed by atoms with van der Waals surface area (Å²) >= 11 is 0. The molecule has 2 aromatic rings. The zero-order valence-electron chi connectivity index (χ0n) is 13.5. The van der Waals surface area contributed by atoms with Crippen molar-refractivity contribution in [2.75, 3.05) is 5.32 Å². The van der Waals surface area contributed by atoms with Gasteiger partial charge in [-0.15, -0.1) is 5.10 Å². The highest BCUT2D eigenvalue weighted by Crippen LogP contribution is 2.31. The monoisotopic (exact) mass is 339 g/mol. The van der Waals surface area contributed by atoms with Gasteiger partial charge in [0.1, 0.15) is 0 Å². The van der Waals surface area contributed by atoms with Crippen molar-refractivity contribution >= 4 is 23.5 Å². The maximum absolute atomic E-state index is 12.7. The first-order valence-corrected chi connectivity index (χ1v) is 8.34. The van der Waals surface area contributed by atoms with Crippen LogP contribution in [0.15, 0.2) is 24.4 Å². The first kappa shape index (κ1) is 15.5. The summed E-state index contributed by atoms with van der Waals surface area (Å²) < 4.78 is 0. The Kier molecular flexibility index (Phi) is 3.79. The Morgan fingerprint density at radius 2 is 1.88 bits per heavy atom. The van der Waals surface area contributed by atoms with Gasteiger partial charge in [0, 0.05) is 11.6 Å². The van der Waals surface area contributed by atoms with E-state index in [0.717, 1.165) is 32.1 Å². The second kappa shape index (κ2) is 6.12. The van der Waals surface area contributed by atoms with Gasteiger partial charge in [-0.2, -0.15) is 10.3 Å². The predicted octanol–water partition coefficient (Wildman–Crippen LogP) is 1.99. The normalized spacial score (nSPS) is 17.7. The third-order valence-corrected chi connectivity index (χ3v) is 4.78. The van der Waals surface area contributed by atoms with Crippen molar-refractivity contribution in [3.63, 3.8) is 0 Å². The van der Waals surface area contributed by atoms with Gasteiger partial charge in [0.05, 0.1) is 17.3 Å². The first-order valence-electron chi connectivity index (χ1n) is 8.34. The zero-order valence-corrected chi connectivity index (χ0v) is 13.5. The molecule has 2 heterocycles. The summed E-state index contributed by atoms with van der Waals surface area (Å²) in [6.07, 6.45) is 6.29. The number of aromatic amines is 1. The maximum Gasteiger partial charge on any atom is 0.261 e. The van der Waals surface area contributed by atoms with Crippen LogP contribution < -0.4 is 5.32 Å². The van der Waals surface area contributed by atoms with E-state index in [9.17, 15) is 14.4 Å². The fourth-order valence-electron chi connectivity index (χ4n) is 3.52. The highest BCUT2D eigenvalue weighted by Gasteiger charge is 2.40. The Morgan fingerprint density at radius 3 is 2.60 bits per heavy atom. The molecule has 1 aromatic carbocycles. The number of anilines is 1. The lowest BCUT2D eigenvalue weighted by Crippen LogP contribution is -2.40. The average Bonchev–Trinajstić information content (AvgIpc) is 3.23. The number of H-pyrrole nitrogens is 1. The number of hydrogen-bond acceptors (Lipinski definition) is 5. The number of carbonyl (C=O) groups is 3. The van der Waals surface area contributed by atoms with Gasteiger partial charge in [-0.05, 0) is 31.0 Å². The Labute approximate surface area is 143 Å². The minimum Gasteiger partial charge on any atom is -0.304 e. The SMILES string of the molecule is O=C(Nc1cn[nH]n1)c1ccc2c(c1)C(=O)N(C1CCCCC1)C2=O. The summed E-state index contributed by atoms with van der Waals surface area (Å²) in [5, 5.41) is 12.4. The average molecular weight is 339 g/mol. The Morgan fingerprint density at radius 1 is 1.12 bits per heavy atom. The molecule has 0 radical (unpaired) electrons. The molecule has 1 fully saturated rings. The number of amides is 3. The van der Waals surface area contributed by atoms with Crippen molar-refractivity contribution in [1.29, 1.82) is 0 Å². The highest BCUT2D eigenvalue weighted by molar-refractivity contribution is 6.22. The number of carbonyl (C=O) groups excluding carboxylic acids is 3. The fourth-order valence-corrected chi connectivity index (χ4v) is 3.52. The van der Waals surface area contributed by atoms with Crippen molar-refractivity contribution in [3.05, 3.63) is 41.1 Å². The molecular formula is C17H17N5O3. The lowest BCUT2D eigenvalue weighted by Gasteiger charge is -2.29. The van der Waals surface area contributed by atoms with Crippen molar-refractivity contribution in [2.45, 2.75) is 38.1 Å². The van der Waals surface area contributed by atoms with Crippen LogP contribution in [0.25, 0.3) is 0 Å². The van der Waals surface area contributed by atoms with Crippen molar-refractivity contribution in [3.8, 4) is 0 Å². The summed E-state index contributed by atoms with van der Waals surface area (Å²) in [6, 6.07) is 4.54. The van der Waals surface area contributed by atoms with E-state index < -0.39 is 5.91 Å². The number of nitrogens with one attached hydrogen (secondary N) is 2. The van der Waals surface area contributed by atoms with Crippen molar-refractivity contribution < 1.29 is 14.4 Å². The van der Waals surface area contributed by atoms with Crippen molar-refractivity contribution in [2.24, 2.45) is 0 Å². The summed E-state index contributed by atoms with van der Waals surface area (Å²) in [4.78, 5) is 39.0. The van der Waals surface area contributed by atoms with E-state index >= 15 is 0 Å². The molecule has 25 heavy (non-hydrogen) atoms. The number of aromatic nitrogens is 3. The molecule has 0 atom stereocenters. The second-order valence-corrected chi connectivity index (χ2v) is 6.34. The van der Waals surface area contributed by atoms with E-state index in [-0.39, 0.29) is 23.7 Å². The number of imide groups is 1. The predicted molar refractivity (Wildman–Crippen MR) is 88.2 cm³/mol. The molecule has 1 aliphatic heterocycles. The smallest absolute Gasteiger partial charge is 0.261 e. The Balaban J connectivity index is 1.59. The van der Waals surface area contributed by atoms with Crippen LogP contribution in [0.4, 0.5) is 5.82 Å². The molecule has 1 aromatic heterocycles. The quantitative estimate of drug-likeness (QED) is 0.831. The zero-order chi connectivity index (χ0) is 17.4. The largest absolute Gasteiger partial charge is 0.304 e. The van der Waals surface area contributed by atoms with Gasteiger partial charge < -0.3 is 5.32 Å². The van der Waals surface area contributed by atoms with E-state index in [1.54, 1.807) is 12.1 Å². The van der Waals surface area contributed by atoms with Gasteiger partial charge in [-0.25, -0.2) is 0 Å². The molecule has 0 spiro atoms. The molecule has 1 saturated carbocycles. The molecule has 4 rings (SSSR count). The number of rotatable bonds is 3. The third-order valence-electron chi connectivity index (χ3n) is 4.78. The molecule has 3 amide bonds. The van der Waals surface area contributed by atoms with Crippen LogP contribution in [0.1, 0.15) is 63.2 Å². The summed E-state index contributed by atoms with van der Waals surface area (Å²) in [5.74, 6) is -0.678. The maximum atomic E-state index is 12.7. The van der Waals surface area contributed by atoms with Crippen LogP contribution in [0.5, 0.6) is 0 Å². The summed E-state index contributed by atoms with van der Waals surface area (Å²) in [5.41, 5.74) is 0.963. The molecule has 8 nitrogen and oxygen atoms in total. The standard InChI is InChI=1S/C17H17N5O3/c23-15(19-14-9-18-21-20-14)10-6-7-12-13(8-10)17(25)22(16(12)24)11-4-2-1-3-5-11/h6-9,11H,1-5H2,(H2,18,19,20,21,23). The van der Waals surface area contributed by atoms with Crippen LogP contribution in [-0.2, 0) is 0 Å². The molecule has 8 heteroatoms. The molecule has 0 unspecified atom stereocenters. The molecule has 0 bridgehead atoms. The molecule has 128 valence electrons. The number of hydrogen-bond donors (Lipinski definition) is 2. The topological polar surface area (TPSA) is 108 Å². The lowest BCUT2D eigenvalue weighted by molar-refractivity contribution is 0.0549. The van der Waals surface area contributed by atoms with Crippen LogP contribution in [0, 0.1) is 0 Å². The van der Waals surface area contributed by atoms with Gasteiger partial charge in [0.2, 0.25) is 0 Å². The summed E-state index contributed by atoms with van der Waals surface area (Å²) in [7, 11) is 0. The molecule has 0 saturated heterocycles. The van der Waals surface area contributed by atoms with Crippen LogP contribution in [-0.4, -0.2) is 44.1 Å². The highest BCUT2D eigenvalue weighted by atomic mass is 16.2. The molecule has 2 N–H and O–H groups in total. The second-order valence-electron chi connectivity index (χ2n) is 6.34. The molecular weight excluding hydrogens is 322 g/mol. The molecule has 1 aliphatic carbocycles. The van der Waals surface area contributed by atoms with Gasteiger partial charge >= 0.3 is 0 Å². The van der Waals surface area contributed by atoms with Crippen LogP contribution in [0.3, 0.4) is 0 Å². The fraction of sp³-hybridized carbons (Fsp3) is 0.353. The Bertz CT molecular complexity index is 840. The molecule has 2 aliphatic rings. The van der Waals surface area contributed by atoms with E-state index in [2.05, 4.69) is 20.7 Å². The number of nitrogens with zero attached hydrogens (tertiary/aromatic N) is 3. The lowest BCUT2D eigenvalue weighted by atomic mass is 9.94. The van der Waals surface area contributed by atoms with E-state index in [4.69, 9.17) is 0 Å². The van der Waals surface area contributed by atoms with Crippen LogP contribution in [0.2, 0.25) is 0 Å². The first-order chi connectivity index (χ1) is 12.1.